The number of rotatable bonds is 4. The summed E-state index contributed by atoms with van der Waals surface area (Å²) in [5, 5.41) is 5.35. The molecule has 2 aromatic rings. The van der Waals surface area contributed by atoms with E-state index in [4.69, 9.17) is 0 Å². The van der Waals surface area contributed by atoms with E-state index in [0.717, 1.165) is 17.5 Å². The molecule has 10 heteroatoms. The third kappa shape index (κ3) is 3.36. The Labute approximate surface area is 135 Å². The number of ether oxygens (including phenoxy) is 1. The standard InChI is InChI=1S/C11H9F3IN3O2S/c1-2-20-9(19)7-4-16-18(8(7)11(12,13)14)10-17-6(3-15)5-21-10/h4-5H,2-3H2,1H3. The van der Waals surface area contributed by atoms with Crippen molar-refractivity contribution < 1.29 is 22.7 Å². The predicted octanol–water partition coefficient (Wildman–Crippen LogP) is 3.46. The van der Waals surface area contributed by atoms with Crippen molar-refractivity contribution in [1.29, 1.82) is 0 Å². The molecule has 21 heavy (non-hydrogen) atoms. The molecule has 0 unspecified atom stereocenters. The topological polar surface area (TPSA) is 57.0 Å². The number of halogens is 4. The van der Waals surface area contributed by atoms with E-state index in [1.54, 1.807) is 5.38 Å². The van der Waals surface area contributed by atoms with Crippen molar-refractivity contribution in [2.24, 2.45) is 0 Å². The summed E-state index contributed by atoms with van der Waals surface area (Å²) in [6.07, 6.45) is -3.89. The zero-order valence-corrected chi connectivity index (χ0v) is 13.6. The molecular weight excluding hydrogens is 422 g/mol. The average molecular weight is 431 g/mol. The van der Waals surface area contributed by atoms with Gasteiger partial charge in [-0.15, -0.1) is 11.3 Å². The lowest BCUT2D eigenvalue weighted by Gasteiger charge is -2.10. The summed E-state index contributed by atoms with van der Waals surface area (Å²) in [6.45, 7) is 1.50. The molecule has 2 rings (SSSR count). The van der Waals surface area contributed by atoms with Crippen LogP contribution < -0.4 is 0 Å². The van der Waals surface area contributed by atoms with Gasteiger partial charge in [0.2, 0.25) is 5.13 Å². The van der Waals surface area contributed by atoms with Crippen molar-refractivity contribution >= 4 is 39.9 Å². The van der Waals surface area contributed by atoms with Crippen molar-refractivity contribution in [1.82, 2.24) is 14.8 Å². The van der Waals surface area contributed by atoms with Crippen LogP contribution in [0.15, 0.2) is 11.6 Å². The van der Waals surface area contributed by atoms with Gasteiger partial charge in [-0.3, -0.25) is 0 Å². The molecule has 114 valence electrons. The third-order valence-corrected chi connectivity index (χ3v) is 4.04. The van der Waals surface area contributed by atoms with Crippen LogP contribution in [0, 0.1) is 0 Å². The molecule has 5 nitrogen and oxygen atoms in total. The van der Waals surface area contributed by atoms with Crippen LogP contribution in [0.5, 0.6) is 0 Å². The SMILES string of the molecule is CCOC(=O)c1cnn(-c2nc(CI)cs2)c1C(F)(F)F. The van der Waals surface area contributed by atoms with Gasteiger partial charge in [0, 0.05) is 9.81 Å². The maximum Gasteiger partial charge on any atom is 0.434 e. The van der Waals surface area contributed by atoms with E-state index in [2.05, 4.69) is 37.4 Å². The van der Waals surface area contributed by atoms with Gasteiger partial charge >= 0.3 is 12.1 Å². The molecule has 0 saturated carbocycles. The van der Waals surface area contributed by atoms with E-state index in [1.807, 2.05) is 0 Å². The van der Waals surface area contributed by atoms with Crippen LogP contribution in [0.1, 0.15) is 28.7 Å². The molecule has 0 aliphatic rings. The van der Waals surface area contributed by atoms with Gasteiger partial charge in [-0.1, -0.05) is 22.6 Å². The second kappa shape index (κ2) is 6.30. The van der Waals surface area contributed by atoms with Crippen molar-refractivity contribution in [2.45, 2.75) is 17.5 Å². The molecule has 0 aromatic carbocycles. The van der Waals surface area contributed by atoms with E-state index in [9.17, 15) is 18.0 Å². The number of carbonyl (C=O) groups excluding carboxylic acids is 1. The first-order valence-corrected chi connectivity index (χ1v) is 8.12. The summed E-state index contributed by atoms with van der Waals surface area (Å²) < 4.78 is 45.5. The number of thiazole rings is 1. The molecule has 0 spiro atoms. The van der Waals surface area contributed by atoms with Gasteiger partial charge in [0.1, 0.15) is 5.56 Å². The first-order valence-electron chi connectivity index (χ1n) is 5.71. The highest BCUT2D eigenvalue weighted by Gasteiger charge is 2.41. The maximum atomic E-state index is 13.2. The monoisotopic (exact) mass is 431 g/mol. The molecule has 0 atom stereocenters. The number of carbonyl (C=O) groups is 1. The Kier molecular flexibility index (Phi) is 4.86. The second-order valence-corrected chi connectivity index (χ2v) is 5.39. The lowest BCUT2D eigenvalue weighted by molar-refractivity contribution is -0.143. The summed E-state index contributed by atoms with van der Waals surface area (Å²) in [7, 11) is 0. The third-order valence-electron chi connectivity index (χ3n) is 2.39. The van der Waals surface area contributed by atoms with Crippen molar-refractivity contribution in [3.63, 3.8) is 0 Å². The van der Waals surface area contributed by atoms with E-state index < -0.39 is 23.4 Å². The lowest BCUT2D eigenvalue weighted by atomic mass is 10.2. The normalized spacial score (nSPS) is 11.7. The summed E-state index contributed by atoms with van der Waals surface area (Å²) >= 11 is 3.08. The highest BCUT2D eigenvalue weighted by atomic mass is 127. The number of hydrogen-bond acceptors (Lipinski definition) is 5. The molecular formula is C11H9F3IN3O2S. The number of esters is 1. The average Bonchev–Trinajstić information content (AvgIpc) is 3.04. The van der Waals surface area contributed by atoms with Crippen LogP contribution in [0.4, 0.5) is 13.2 Å². The number of alkyl halides is 4. The minimum absolute atomic E-state index is 0.0163. The Bertz CT molecular complexity index is 653. The quantitative estimate of drug-likeness (QED) is 0.423. The fraction of sp³-hybridized carbons (Fsp3) is 0.364. The van der Waals surface area contributed by atoms with Gasteiger partial charge in [0.25, 0.3) is 0 Å². The van der Waals surface area contributed by atoms with Crippen molar-refractivity contribution in [3.05, 3.63) is 28.5 Å². The van der Waals surface area contributed by atoms with Crippen molar-refractivity contribution in [2.75, 3.05) is 6.61 Å². The molecule has 0 saturated heterocycles. The molecule has 0 N–H and O–H groups in total. The van der Waals surface area contributed by atoms with Crippen LogP contribution >= 0.6 is 33.9 Å². The van der Waals surface area contributed by atoms with E-state index in [1.165, 1.54) is 6.92 Å². The highest BCUT2D eigenvalue weighted by Crippen LogP contribution is 2.34. The van der Waals surface area contributed by atoms with Gasteiger partial charge < -0.3 is 4.74 Å². The van der Waals surface area contributed by atoms with Gasteiger partial charge in [0.15, 0.2) is 5.69 Å². The highest BCUT2D eigenvalue weighted by molar-refractivity contribution is 14.1. The minimum atomic E-state index is -4.74. The zero-order valence-electron chi connectivity index (χ0n) is 10.6. The van der Waals surface area contributed by atoms with Gasteiger partial charge in [-0.25, -0.2) is 14.5 Å². The van der Waals surface area contributed by atoms with Gasteiger partial charge in [0.05, 0.1) is 18.5 Å². The minimum Gasteiger partial charge on any atom is -0.462 e. The fourth-order valence-electron chi connectivity index (χ4n) is 1.58. The number of hydrogen-bond donors (Lipinski definition) is 0. The van der Waals surface area contributed by atoms with Crippen LogP contribution in [0.3, 0.4) is 0 Å². The summed E-state index contributed by atoms with van der Waals surface area (Å²) in [6, 6.07) is 0. The lowest BCUT2D eigenvalue weighted by Crippen LogP contribution is -2.18. The molecule has 0 bridgehead atoms. The molecule has 0 aliphatic heterocycles. The first-order chi connectivity index (χ1) is 9.88. The Balaban J connectivity index is 2.54. The van der Waals surface area contributed by atoms with Crippen molar-refractivity contribution in [3.8, 4) is 5.13 Å². The largest absolute Gasteiger partial charge is 0.462 e. The van der Waals surface area contributed by atoms with Crippen LogP contribution in [-0.4, -0.2) is 27.3 Å². The molecule has 0 aliphatic carbocycles. The van der Waals surface area contributed by atoms with E-state index in [-0.39, 0.29) is 11.7 Å². The molecule has 0 amide bonds. The van der Waals surface area contributed by atoms with Crippen LogP contribution in [0.25, 0.3) is 5.13 Å². The Morgan fingerprint density at radius 1 is 1.52 bits per heavy atom. The molecule has 2 aromatic heterocycles. The smallest absolute Gasteiger partial charge is 0.434 e. The van der Waals surface area contributed by atoms with E-state index >= 15 is 0 Å². The maximum absolute atomic E-state index is 13.2. The van der Waals surface area contributed by atoms with E-state index in [0.29, 0.717) is 14.8 Å². The Hall–Kier alpha value is -1.17. The molecule has 2 heterocycles. The molecule has 0 radical (unpaired) electrons. The zero-order chi connectivity index (χ0) is 15.6. The molecule has 0 fully saturated rings. The summed E-state index contributed by atoms with van der Waals surface area (Å²) in [5.74, 6) is -1.05. The fourth-order valence-corrected chi connectivity index (χ4v) is 3.05. The van der Waals surface area contributed by atoms with Gasteiger partial charge in [-0.05, 0) is 6.92 Å². The Morgan fingerprint density at radius 2 is 2.24 bits per heavy atom. The first kappa shape index (κ1) is 16.2. The second-order valence-electron chi connectivity index (χ2n) is 3.79. The predicted molar refractivity (Wildman–Crippen MR) is 77.9 cm³/mol. The van der Waals surface area contributed by atoms with Gasteiger partial charge in [-0.2, -0.15) is 18.3 Å². The summed E-state index contributed by atoms with van der Waals surface area (Å²) in [5.41, 5.74) is -1.14. The van der Waals surface area contributed by atoms with Crippen LogP contribution in [-0.2, 0) is 15.3 Å². The number of nitrogens with zero attached hydrogens (tertiary/aromatic N) is 3. The van der Waals surface area contributed by atoms with Crippen LogP contribution in [0.2, 0.25) is 0 Å². The summed E-state index contributed by atoms with van der Waals surface area (Å²) in [4.78, 5) is 15.7. The number of aromatic nitrogens is 3. The Morgan fingerprint density at radius 3 is 2.76 bits per heavy atom.